The van der Waals surface area contributed by atoms with Crippen LogP contribution in [0.5, 0.6) is 0 Å². The Morgan fingerprint density at radius 2 is 2.15 bits per heavy atom. The lowest BCUT2D eigenvalue weighted by molar-refractivity contribution is -0.0855. The molecule has 1 amide bonds. The molecule has 1 aliphatic heterocycles. The fraction of sp³-hybridized carbons (Fsp3) is 0.474. The van der Waals surface area contributed by atoms with E-state index in [1.807, 2.05) is 25.2 Å². The lowest BCUT2D eigenvalue weighted by atomic mass is 10.1. The lowest BCUT2D eigenvalue weighted by Crippen LogP contribution is -2.39. The second-order valence-electron chi connectivity index (χ2n) is 6.43. The Labute approximate surface area is 153 Å². The molecular weight excluding hydrogens is 334 g/mol. The molecule has 1 aromatic heterocycles. The zero-order valence-electron chi connectivity index (χ0n) is 15.0. The highest BCUT2D eigenvalue weighted by Gasteiger charge is 2.18. The lowest BCUT2D eigenvalue weighted by Gasteiger charge is -2.22. The normalized spacial score (nSPS) is 17.4. The van der Waals surface area contributed by atoms with Gasteiger partial charge in [-0.1, -0.05) is 35.5 Å². The van der Waals surface area contributed by atoms with E-state index in [1.54, 1.807) is 6.07 Å². The van der Waals surface area contributed by atoms with Gasteiger partial charge in [-0.25, -0.2) is 0 Å². The fourth-order valence-corrected chi connectivity index (χ4v) is 2.76. The first-order chi connectivity index (χ1) is 12.7. The number of hydrogen-bond acceptors (Lipinski definition) is 6. The molecule has 1 aromatic carbocycles. The van der Waals surface area contributed by atoms with Gasteiger partial charge in [-0.2, -0.15) is 0 Å². The number of amides is 1. The molecule has 0 radical (unpaired) electrons. The molecule has 0 aliphatic carbocycles. The molecule has 7 heteroatoms. The number of carbonyl (C=O) groups excluding carboxylic acids is 1. The summed E-state index contributed by atoms with van der Waals surface area (Å²) in [5.74, 6) is 0.407. The minimum absolute atomic E-state index is 0.108. The highest BCUT2D eigenvalue weighted by Crippen LogP contribution is 2.08. The Kier molecular flexibility index (Phi) is 6.76. The number of hydrogen-bond donors (Lipinski definition) is 1. The van der Waals surface area contributed by atoms with E-state index in [2.05, 4.69) is 27.5 Å². The molecular formula is C19H25N3O4. The van der Waals surface area contributed by atoms with Crippen molar-refractivity contribution < 1.29 is 18.8 Å². The minimum atomic E-state index is -0.263. The third kappa shape index (κ3) is 5.66. The molecule has 0 saturated carbocycles. The van der Waals surface area contributed by atoms with E-state index < -0.39 is 0 Å². The number of aromatic nitrogens is 1. The number of benzene rings is 1. The maximum atomic E-state index is 12.2. The zero-order valence-corrected chi connectivity index (χ0v) is 15.0. The predicted octanol–water partition coefficient (Wildman–Crippen LogP) is 1.49. The first-order valence-corrected chi connectivity index (χ1v) is 8.86. The molecule has 7 nitrogen and oxygen atoms in total. The average molecular weight is 359 g/mol. The van der Waals surface area contributed by atoms with Crippen LogP contribution in [-0.2, 0) is 22.4 Å². The highest BCUT2D eigenvalue weighted by molar-refractivity contribution is 5.92. The van der Waals surface area contributed by atoms with Crippen LogP contribution in [0.25, 0.3) is 0 Å². The van der Waals surface area contributed by atoms with Gasteiger partial charge >= 0.3 is 0 Å². The van der Waals surface area contributed by atoms with Crippen LogP contribution < -0.4 is 5.32 Å². The molecule has 2 aromatic rings. The van der Waals surface area contributed by atoms with Gasteiger partial charge in [0, 0.05) is 19.2 Å². The average Bonchev–Trinajstić information content (AvgIpc) is 3.14. The molecule has 0 unspecified atom stereocenters. The van der Waals surface area contributed by atoms with Gasteiger partial charge in [-0.05, 0) is 19.0 Å². The van der Waals surface area contributed by atoms with Gasteiger partial charge in [0.05, 0.1) is 32.5 Å². The van der Waals surface area contributed by atoms with E-state index in [1.165, 1.54) is 5.56 Å². The summed E-state index contributed by atoms with van der Waals surface area (Å²) < 4.78 is 16.1. The van der Waals surface area contributed by atoms with E-state index in [4.69, 9.17) is 14.0 Å². The van der Waals surface area contributed by atoms with E-state index in [0.717, 1.165) is 13.0 Å². The molecule has 1 saturated heterocycles. The third-order valence-electron chi connectivity index (χ3n) is 4.22. The molecule has 1 aliphatic rings. The molecule has 26 heavy (non-hydrogen) atoms. The Bertz CT molecular complexity index is 683. The Morgan fingerprint density at radius 3 is 2.92 bits per heavy atom. The Hall–Kier alpha value is -2.22. The smallest absolute Gasteiger partial charge is 0.273 e. The first kappa shape index (κ1) is 18.6. The van der Waals surface area contributed by atoms with E-state index in [0.29, 0.717) is 38.7 Å². The van der Waals surface area contributed by atoms with Crippen molar-refractivity contribution >= 4 is 5.91 Å². The minimum Gasteiger partial charge on any atom is -0.376 e. The van der Waals surface area contributed by atoms with Crippen LogP contribution in [0.15, 0.2) is 40.9 Å². The van der Waals surface area contributed by atoms with Crippen molar-refractivity contribution in [3.63, 3.8) is 0 Å². The quantitative estimate of drug-likeness (QED) is 0.770. The second-order valence-corrected chi connectivity index (χ2v) is 6.43. The highest BCUT2D eigenvalue weighted by atomic mass is 16.6. The molecule has 1 fully saturated rings. The number of likely N-dealkylation sites (N-methyl/N-ethyl adjacent to an activating group) is 1. The molecule has 2 heterocycles. The molecule has 140 valence electrons. The fourth-order valence-electron chi connectivity index (χ4n) is 2.76. The Balaban J connectivity index is 1.42. The van der Waals surface area contributed by atoms with Gasteiger partial charge in [0.25, 0.3) is 5.91 Å². The largest absolute Gasteiger partial charge is 0.376 e. The van der Waals surface area contributed by atoms with Crippen LogP contribution in [0.2, 0.25) is 0 Å². The number of nitrogens with one attached hydrogen (secondary N) is 1. The molecule has 3 rings (SSSR count). The SMILES string of the molecule is CN(CCc1ccccc1)Cc1cc(C(=O)NC[C@@H]2COCCO2)no1. The van der Waals surface area contributed by atoms with E-state index >= 15 is 0 Å². The van der Waals surface area contributed by atoms with Gasteiger partial charge < -0.3 is 19.3 Å². The van der Waals surface area contributed by atoms with Crippen LogP contribution in [-0.4, -0.2) is 62.0 Å². The van der Waals surface area contributed by atoms with Crippen LogP contribution >= 0.6 is 0 Å². The maximum Gasteiger partial charge on any atom is 0.273 e. The van der Waals surface area contributed by atoms with Crippen molar-refractivity contribution in [2.24, 2.45) is 0 Å². The summed E-state index contributed by atoms with van der Waals surface area (Å²) in [4.78, 5) is 14.3. The summed E-state index contributed by atoms with van der Waals surface area (Å²) in [6.45, 7) is 3.56. The van der Waals surface area contributed by atoms with Crippen molar-refractivity contribution in [2.75, 3.05) is 40.0 Å². The standard InChI is InChI=1S/C19H25N3O4/c1-22(8-7-15-5-3-2-4-6-15)13-16-11-18(21-26-16)19(23)20-12-17-14-24-9-10-25-17/h2-6,11,17H,7-10,12-14H2,1H3,(H,20,23)/t17-/m1/s1. The predicted molar refractivity (Wildman–Crippen MR) is 95.9 cm³/mol. The molecule has 1 N–H and O–H groups in total. The summed E-state index contributed by atoms with van der Waals surface area (Å²) in [5, 5.41) is 6.67. The monoisotopic (exact) mass is 359 g/mol. The number of ether oxygens (including phenoxy) is 2. The summed E-state index contributed by atoms with van der Waals surface area (Å²) >= 11 is 0. The molecule has 0 bridgehead atoms. The van der Waals surface area contributed by atoms with Crippen molar-refractivity contribution in [3.8, 4) is 0 Å². The number of rotatable bonds is 8. The van der Waals surface area contributed by atoms with Crippen molar-refractivity contribution in [2.45, 2.75) is 19.1 Å². The van der Waals surface area contributed by atoms with Crippen molar-refractivity contribution in [1.82, 2.24) is 15.4 Å². The van der Waals surface area contributed by atoms with Crippen molar-refractivity contribution in [3.05, 3.63) is 53.4 Å². The summed E-state index contributed by atoms with van der Waals surface area (Å²) in [7, 11) is 2.02. The topological polar surface area (TPSA) is 76.8 Å². The van der Waals surface area contributed by atoms with Gasteiger partial charge in [0.15, 0.2) is 11.5 Å². The molecule has 0 spiro atoms. The van der Waals surface area contributed by atoms with Crippen molar-refractivity contribution in [1.29, 1.82) is 0 Å². The summed E-state index contributed by atoms with van der Waals surface area (Å²) in [6, 6.07) is 12.0. The van der Waals surface area contributed by atoms with Crippen LogP contribution in [0.4, 0.5) is 0 Å². The maximum absolute atomic E-state index is 12.2. The van der Waals surface area contributed by atoms with Crippen LogP contribution in [0, 0.1) is 0 Å². The van der Waals surface area contributed by atoms with Crippen LogP contribution in [0.1, 0.15) is 21.8 Å². The third-order valence-corrected chi connectivity index (χ3v) is 4.22. The second kappa shape index (κ2) is 9.47. The van der Waals surface area contributed by atoms with E-state index in [9.17, 15) is 4.79 Å². The first-order valence-electron chi connectivity index (χ1n) is 8.86. The van der Waals surface area contributed by atoms with Gasteiger partial charge in [-0.15, -0.1) is 0 Å². The summed E-state index contributed by atoms with van der Waals surface area (Å²) in [6.07, 6.45) is 0.852. The summed E-state index contributed by atoms with van der Waals surface area (Å²) in [5.41, 5.74) is 1.58. The Morgan fingerprint density at radius 1 is 1.31 bits per heavy atom. The molecule has 1 atom stereocenters. The zero-order chi connectivity index (χ0) is 18.2. The van der Waals surface area contributed by atoms with Gasteiger partial charge in [0.1, 0.15) is 0 Å². The number of nitrogens with zero attached hydrogens (tertiary/aromatic N) is 2. The van der Waals surface area contributed by atoms with Crippen LogP contribution in [0.3, 0.4) is 0 Å². The van der Waals surface area contributed by atoms with Gasteiger partial charge in [0.2, 0.25) is 0 Å². The van der Waals surface area contributed by atoms with Gasteiger partial charge in [-0.3, -0.25) is 9.69 Å². The number of carbonyl (C=O) groups is 1. The van der Waals surface area contributed by atoms with E-state index in [-0.39, 0.29) is 17.7 Å².